The van der Waals surface area contributed by atoms with E-state index in [2.05, 4.69) is 0 Å². The van der Waals surface area contributed by atoms with Crippen molar-refractivity contribution in [1.82, 2.24) is 0 Å². The topological polar surface area (TPSA) is 101 Å². The van der Waals surface area contributed by atoms with Crippen LogP contribution in [-0.4, -0.2) is 32.6 Å². The van der Waals surface area contributed by atoms with Gasteiger partial charge in [-0.3, -0.25) is 19.7 Å². The molecule has 0 saturated carbocycles. The molecule has 0 aromatic heterocycles. The quantitative estimate of drug-likeness (QED) is 0.391. The van der Waals surface area contributed by atoms with Crippen LogP contribution in [0, 0.1) is 16.0 Å². The minimum Gasteiger partial charge on any atom is -0.480 e. The standard InChI is InChI=1S/C17H11ClN2O5/c18-11-3-6-13-15(7-11)19(9-14(16(13)21)17(22)23)8-10-1-4-12(5-2-10)20(24)25/h1-7,9,14H,8H2/p+1. The van der Waals surface area contributed by atoms with E-state index in [4.69, 9.17) is 11.6 Å². The first-order valence-corrected chi connectivity index (χ1v) is 7.66. The fourth-order valence-electron chi connectivity index (χ4n) is 2.68. The molecule has 7 nitrogen and oxygen atoms in total. The Hall–Kier alpha value is -3.06. The summed E-state index contributed by atoms with van der Waals surface area (Å²) < 4.78 is 1.63. The van der Waals surface area contributed by atoms with Crippen molar-refractivity contribution in [3.63, 3.8) is 0 Å². The average molecular weight is 360 g/mol. The summed E-state index contributed by atoms with van der Waals surface area (Å²) in [5.74, 6) is -3.02. The number of aliphatic carboxylic acids is 1. The van der Waals surface area contributed by atoms with Crippen LogP contribution in [0.5, 0.6) is 0 Å². The fraction of sp³-hybridized carbons (Fsp3) is 0.118. The second kappa shape index (κ2) is 6.45. The molecule has 2 aromatic carbocycles. The van der Waals surface area contributed by atoms with Crippen molar-refractivity contribution < 1.29 is 24.2 Å². The van der Waals surface area contributed by atoms with E-state index >= 15 is 0 Å². The number of ketones is 1. The molecule has 1 N–H and O–H groups in total. The summed E-state index contributed by atoms with van der Waals surface area (Å²) in [6, 6.07) is 10.5. The number of halogens is 1. The number of nitro groups is 1. The van der Waals surface area contributed by atoms with E-state index in [1.165, 1.54) is 30.5 Å². The monoisotopic (exact) mass is 359 g/mol. The molecule has 1 unspecified atom stereocenters. The van der Waals surface area contributed by atoms with Crippen LogP contribution < -0.4 is 0 Å². The highest BCUT2D eigenvalue weighted by Crippen LogP contribution is 2.30. The van der Waals surface area contributed by atoms with Crippen molar-refractivity contribution >= 4 is 40.9 Å². The van der Waals surface area contributed by atoms with Crippen LogP contribution in [0.2, 0.25) is 5.02 Å². The molecular weight excluding hydrogens is 348 g/mol. The van der Waals surface area contributed by atoms with Gasteiger partial charge < -0.3 is 5.11 Å². The van der Waals surface area contributed by atoms with Gasteiger partial charge in [0.15, 0.2) is 24.5 Å². The van der Waals surface area contributed by atoms with Crippen molar-refractivity contribution in [1.29, 1.82) is 0 Å². The average Bonchev–Trinajstić information content (AvgIpc) is 2.57. The molecular formula is C17H12ClN2O5+. The maximum atomic E-state index is 12.3. The maximum Gasteiger partial charge on any atom is 0.324 e. The van der Waals surface area contributed by atoms with Gasteiger partial charge >= 0.3 is 5.97 Å². The van der Waals surface area contributed by atoms with E-state index < -0.39 is 22.6 Å². The van der Waals surface area contributed by atoms with Crippen LogP contribution in [0.25, 0.3) is 0 Å². The van der Waals surface area contributed by atoms with Gasteiger partial charge in [-0.15, -0.1) is 0 Å². The molecule has 3 rings (SSSR count). The minimum atomic E-state index is -1.29. The summed E-state index contributed by atoms with van der Waals surface area (Å²) in [5, 5.41) is 20.4. The van der Waals surface area contributed by atoms with Gasteiger partial charge in [0, 0.05) is 28.8 Å². The van der Waals surface area contributed by atoms with Crippen LogP contribution >= 0.6 is 11.6 Å². The molecule has 2 aromatic rings. The van der Waals surface area contributed by atoms with Crippen molar-refractivity contribution in [3.8, 4) is 0 Å². The molecule has 0 saturated heterocycles. The second-order valence-corrected chi connectivity index (χ2v) is 5.98. The number of hydrogen-bond donors (Lipinski definition) is 1. The highest BCUT2D eigenvalue weighted by molar-refractivity contribution is 6.31. The summed E-state index contributed by atoms with van der Waals surface area (Å²) in [5.41, 5.74) is 1.48. The van der Waals surface area contributed by atoms with E-state index in [0.29, 0.717) is 10.7 Å². The van der Waals surface area contributed by atoms with E-state index in [1.807, 2.05) is 0 Å². The number of carbonyl (C=O) groups excluding carboxylic acids is 1. The number of benzene rings is 2. The predicted molar refractivity (Wildman–Crippen MR) is 89.7 cm³/mol. The number of carboxylic acids is 1. The summed E-state index contributed by atoms with van der Waals surface area (Å²) in [7, 11) is 0. The van der Waals surface area contributed by atoms with E-state index in [-0.39, 0.29) is 17.8 Å². The lowest BCUT2D eigenvalue weighted by atomic mass is 9.93. The SMILES string of the molecule is O=C(O)C1C=[N+](Cc2ccc([N+](=O)[O-])cc2)c2cc(Cl)ccc2C1=O. The molecule has 1 aliphatic rings. The predicted octanol–water partition coefficient (Wildman–Crippen LogP) is 3.06. The largest absolute Gasteiger partial charge is 0.480 e. The third kappa shape index (κ3) is 3.27. The molecule has 0 spiro atoms. The Morgan fingerprint density at radius 1 is 1.24 bits per heavy atom. The van der Waals surface area contributed by atoms with Crippen LogP contribution in [0.3, 0.4) is 0 Å². The zero-order chi connectivity index (χ0) is 18.1. The van der Waals surface area contributed by atoms with Crippen LogP contribution in [0.4, 0.5) is 11.4 Å². The molecule has 25 heavy (non-hydrogen) atoms. The number of rotatable bonds is 4. The van der Waals surface area contributed by atoms with E-state index in [0.717, 1.165) is 5.56 Å². The molecule has 126 valence electrons. The molecule has 8 heteroatoms. The Kier molecular flexibility index (Phi) is 4.33. The van der Waals surface area contributed by atoms with Crippen LogP contribution in [0.15, 0.2) is 42.5 Å². The highest BCUT2D eigenvalue weighted by atomic mass is 35.5. The number of fused-ring (bicyclic) bond motifs is 1. The first kappa shape index (κ1) is 16.8. The molecule has 0 fully saturated rings. The van der Waals surface area contributed by atoms with Gasteiger partial charge in [0.1, 0.15) is 0 Å². The first-order valence-electron chi connectivity index (χ1n) is 7.28. The second-order valence-electron chi connectivity index (χ2n) is 5.54. The van der Waals surface area contributed by atoms with Crippen molar-refractivity contribution in [2.45, 2.75) is 6.54 Å². The zero-order valence-corrected chi connectivity index (χ0v) is 13.5. The molecule has 1 heterocycles. The van der Waals surface area contributed by atoms with Gasteiger partial charge in [0.2, 0.25) is 5.69 Å². The molecule has 0 bridgehead atoms. The lowest BCUT2D eigenvalue weighted by Gasteiger charge is -2.16. The minimum absolute atomic E-state index is 0.0339. The molecule has 0 aliphatic carbocycles. The summed E-state index contributed by atoms with van der Waals surface area (Å²) in [6.45, 7) is 0.252. The third-order valence-electron chi connectivity index (χ3n) is 3.91. The van der Waals surface area contributed by atoms with Crippen molar-refractivity contribution in [3.05, 3.63) is 68.7 Å². The van der Waals surface area contributed by atoms with Crippen molar-refractivity contribution in [2.24, 2.45) is 5.92 Å². The fourth-order valence-corrected chi connectivity index (χ4v) is 2.85. The van der Waals surface area contributed by atoms with Gasteiger partial charge in [0.05, 0.1) is 10.5 Å². The Morgan fingerprint density at radius 2 is 1.92 bits per heavy atom. The smallest absolute Gasteiger partial charge is 0.324 e. The Labute approximate surface area is 146 Å². The molecule has 0 amide bonds. The van der Waals surface area contributed by atoms with Crippen LogP contribution in [-0.2, 0) is 11.3 Å². The first-order chi connectivity index (χ1) is 11.9. The Balaban J connectivity index is 2.02. The van der Waals surface area contributed by atoms with Gasteiger partial charge in [-0.1, -0.05) is 11.6 Å². The van der Waals surface area contributed by atoms with E-state index in [1.54, 1.807) is 22.8 Å². The summed E-state index contributed by atoms with van der Waals surface area (Å²) >= 11 is 6.00. The molecule has 1 aliphatic heterocycles. The van der Waals surface area contributed by atoms with Crippen LogP contribution in [0.1, 0.15) is 15.9 Å². The van der Waals surface area contributed by atoms with E-state index in [9.17, 15) is 24.8 Å². The number of nitro benzene ring substituents is 1. The lowest BCUT2D eigenvalue weighted by Crippen LogP contribution is -2.33. The number of nitrogens with zero attached hydrogens (tertiary/aromatic N) is 2. The maximum absolute atomic E-state index is 12.3. The number of Topliss-reactive ketones (excluding diaryl/α,β-unsaturated/α-hetero) is 1. The third-order valence-corrected chi connectivity index (χ3v) is 4.15. The zero-order valence-electron chi connectivity index (χ0n) is 12.8. The molecule has 0 radical (unpaired) electrons. The lowest BCUT2D eigenvalue weighted by molar-refractivity contribution is -0.456. The van der Waals surface area contributed by atoms with Gasteiger partial charge in [-0.25, -0.2) is 0 Å². The van der Waals surface area contributed by atoms with Gasteiger partial charge in [0.25, 0.3) is 5.69 Å². The number of hydrogen-bond acceptors (Lipinski definition) is 4. The highest BCUT2D eigenvalue weighted by Gasteiger charge is 2.38. The number of carboxylic acid groups (broad SMARTS) is 1. The van der Waals surface area contributed by atoms with Crippen molar-refractivity contribution in [2.75, 3.05) is 0 Å². The Bertz CT molecular complexity index is 921. The molecule has 1 atom stereocenters. The number of carbonyl (C=O) groups is 2. The van der Waals surface area contributed by atoms with Gasteiger partial charge in [-0.2, -0.15) is 4.58 Å². The van der Waals surface area contributed by atoms with Gasteiger partial charge in [-0.05, 0) is 24.3 Å². The summed E-state index contributed by atoms with van der Waals surface area (Å²) in [6.07, 6.45) is 1.34. The Morgan fingerprint density at radius 3 is 2.52 bits per heavy atom. The normalized spacial score (nSPS) is 16.1. The summed E-state index contributed by atoms with van der Waals surface area (Å²) in [4.78, 5) is 33.9. The number of non-ortho nitro benzene ring substituents is 1.